The normalized spacial score (nSPS) is 12.4. The van der Waals surface area contributed by atoms with E-state index in [0.29, 0.717) is 0 Å². The van der Waals surface area contributed by atoms with Gasteiger partial charge in [0.15, 0.2) is 0 Å². The highest BCUT2D eigenvalue weighted by molar-refractivity contribution is 6.53. The van der Waals surface area contributed by atoms with Gasteiger partial charge in [0, 0.05) is 24.2 Å². The summed E-state index contributed by atoms with van der Waals surface area (Å²) in [6.45, 7) is 16.1. The summed E-state index contributed by atoms with van der Waals surface area (Å²) >= 11 is 25.4. The molecule has 0 saturated heterocycles. The van der Waals surface area contributed by atoms with Crippen LogP contribution < -0.4 is 9.68 Å². The van der Waals surface area contributed by atoms with Crippen molar-refractivity contribution in [1.82, 2.24) is 10.1 Å². The Labute approximate surface area is 177 Å². The molecule has 0 radical (unpaired) electrons. The molecule has 0 N–H and O–H groups in total. The van der Waals surface area contributed by atoms with Gasteiger partial charge in [0.1, 0.15) is 10.0 Å². The Morgan fingerprint density at radius 3 is 0.923 bits per heavy atom. The molecular formula is C18H28Cl4N2O2. The summed E-state index contributed by atoms with van der Waals surface area (Å²) in [5.74, 6) is 0.500. The molecule has 0 saturated carbocycles. The largest absolute Gasteiger partial charge is 0.400 e. The molecule has 0 unspecified atom stereocenters. The van der Waals surface area contributed by atoms with Crippen LogP contribution in [0.3, 0.4) is 0 Å². The van der Waals surface area contributed by atoms with Gasteiger partial charge in [0.25, 0.3) is 0 Å². The van der Waals surface area contributed by atoms with E-state index in [9.17, 15) is 0 Å². The summed E-state index contributed by atoms with van der Waals surface area (Å²) in [6, 6.07) is 0.383. The van der Waals surface area contributed by atoms with Crippen LogP contribution in [-0.2, 0) is 0 Å². The standard InChI is InChI=1S/C18H28Cl4N2O2/c1-9(2)23(10(3)4)25-17-15(21)13(19)14(20)16(22)18(17)26-24(11(5)6)12(7)8/h9-12H,1-8H3. The van der Waals surface area contributed by atoms with E-state index < -0.39 is 0 Å². The molecule has 150 valence electrons. The van der Waals surface area contributed by atoms with Gasteiger partial charge >= 0.3 is 0 Å². The minimum absolute atomic E-state index is 0.0958. The average molecular weight is 446 g/mol. The van der Waals surface area contributed by atoms with Crippen molar-refractivity contribution in [2.45, 2.75) is 79.6 Å². The highest BCUT2D eigenvalue weighted by Crippen LogP contribution is 2.51. The molecule has 4 nitrogen and oxygen atoms in total. The first-order valence-electron chi connectivity index (χ1n) is 8.68. The smallest absolute Gasteiger partial charge is 0.213 e. The number of benzene rings is 1. The van der Waals surface area contributed by atoms with Gasteiger partial charge in [0.2, 0.25) is 11.5 Å². The second-order valence-electron chi connectivity index (χ2n) is 7.19. The SMILES string of the molecule is CC(C)N(Oc1c(Cl)c(Cl)c(Cl)c(Cl)c1ON(C(C)C)C(C)C)C(C)C. The second-order valence-corrected chi connectivity index (χ2v) is 8.70. The van der Waals surface area contributed by atoms with E-state index in [1.54, 1.807) is 10.1 Å². The lowest BCUT2D eigenvalue weighted by atomic mass is 10.3. The van der Waals surface area contributed by atoms with E-state index >= 15 is 0 Å². The fourth-order valence-electron chi connectivity index (χ4n) is 2.58. The van der Waals surface area contributed by atoms with Gasteiger partial charge in [-0.05, 0) is 55.4 Å². The predicted octanol–water partition coefficient (Wildman–Crippen LogP) is 7.13. The van der Waals surface area contributed by atoms with Crippen molar-refractivity contribution < 1.29 is 9.68 Å². The average Bonchev–Trinajstić information content (AvgIpc) is 2.52. The van der Waals surface area contributed by atoms with Crippen molar-refractivity contribution in [3.63, 3.8) is 0 Å². The fraction of sp³-hybridized carbons (Fsp3) is 0.667. The van der Waals surface area contributed by atoms with Crippen molar-refractivity contribution in [3.8, 4) is 11.5 Å². The van der Waals surface area contributed by atoms with E-state index in [-0.39, 0.29) is 55.8 Å². The van der Waals surface area contributed by atoms with Crippen LogP contribution in [0.25, 0.3) is 0 Å². The van der Waals surface area contributed by atoms with Gasteiger partial charge in [-0.25, -0.2) is 0 Å². The third-order valence-corrected chi connectivity index (χ3v) is 5.38. The van der Waals surface area contributed by atoms with Gasteiger partial charge in [0.05, 0.1) is 10.0 Å². The van der Waals surface area contributed by atoms with Crippen molar-refractivity contribution in [3.05, 3.63) is 20.1 Å². The Kier molecular flexibility index (Phi) is 9.12. The molecular weight excluding hydrogens is 418 g/mol. The quantitative estimate of drug-likeness (QED) is 0.241. The highest BCUT2D eigenvalue weighted by atomic mass is 35.5. The molecule has 1 rings (SSSR count). The van der Waals surface area contributed by atoms with E-state index in [2.05, 4.69) is 0 Å². The van der Waals surface area contributed by atoms with Crippen LogP contribution in [0, 0.1) is 0 Å². The Morgan fingerprint density at radius 2 is 0.731 bits per heavy atom. The summed E-state index contributed by atoms with van der Waals surface area (Å²) in [6.07, 6.45) is 0. The summed E-state index contributed by atoms with van der Waals surface area (Å²) in [7, 11) is 0. The molecule has 26 heavy (non-hydrogen) atoms. The van der Waals surface area contributed by atoms with Gasteiger partial charge in [-0.1, -0.05) is 46.4 Å². The number of hydrogen-bond donors (Lipinski definition) is 0. The molecule has 8 heteroatoms. The minimum atomic E-state index is 0.0958. The molecule has 0 atom stereocenters. The molecule has 0 aromatic heterocycles. The molecule has 0 fully saturated rings. The predicted molar refractivity (Wildman–Crippen MR) is 112 cm³/mol. The molecule has 0 amide bonds. The lowest BCUT2D eigenvalue weighted by Crippen LogP contribution is -2.41. The monoisotopic (exact) mass is 444 g/mol. The highest BCUT2D eigenvalue weighted by Gasteiger charge is 2.29. The van der Waals surface area contributed by atoms with Gasteiger partial charge in [-0.3, -0.25) is 0 Å². The zero-order chi connectivity index (χ0) is 20.3. The summed E-state index contributed by atoms with van der Waals surface area (Å²) in [5, 5.41) is 4.18. The maximum absolute atomic E-state index is 6.45. The van der Waals surface area contributed by atoms with Crippen LogP contribution in [0.2, 0.25) is 20.1 Å². The third-order valence-electron chi connectivity index (χ3n) is 3.61. The molecule has 0 bridgehead atoms. The lowest BCUT2D eigenvalue weighted by Gasteiger charge is -2.34. The minimum Gasteiger partial charge on any atom is -0.400 e. The number of rotatable bonds is 8. The summed E-state index contributed by atoms with van der Waals surface area (Å²) in [4.78, 5) is 12.2. The van der Waals surface area contributed by atoms with Crippen molar-refractivity contribution in [2.24, 2.45) is 0 Å². The van der Waals surface area contributed by atoms with Gasteiger partial charge < -0.3 is 9.68 Å². The maximum atomic E-state index is 6.45. The first kappa shape index (κ1) is 23.9. The molecule has 0 aliphatic carbocycles. The Balaban J connectivity index is 3.52. The fourth-order valence-corrected chi connectivity index (χ4v) is 3.47. The van der Waals surface area contributed by atoms with Crippen LogP contribution in [0.4, 0.5) is 0 Å². The van der Waals surface area contributed by atoms with Crippen molar-refractivity contribution >= 4 is 46.4 Å². The second kappa shape index (κ2) is 9.90. The Bertz CT molecular complexity index is 553. The molecule has 0 heterocycles. The molecule has 1 aromatic rings. The van der Waals surface area contributed by atoms with E-state index in [4.69, 9.17) is 56.1 Å². The number of halogens is 4. The summed E-state index contributed by atoms with van der Waals surface area (Å²) in [5.41, 5.74) is 0. The third kappa shape index (κ3) is 5.46. The first-order valence-corrected chi connectivity index (χ1v) is 10.2. The molecule has 0 spiro atoms. The zero-order valence-corrected chi connectivity index (χ0v) is 19.6. The Morgan fingerprint density at radius 1 is 0.500 bits per heavy atom. The number of nitrogens with zero attached hydrogens (tertiary/aromatic N) is 2. The number of hydrogen-bond acceptors (Lipinski definition) is 4. The van der Waals surface area contributed by atoms with Gasteiger partial charge in [-0.15, -0.1) is 10.1 Å². The van der Waals surface area contributed by atoms with Gasteiger partial charge in [-0.2, -0.15) is 0 Å². The van der Waals surface area contributed by atoms with E-state index in [1.165, 1.54) is 0 Å². The first-order chi connectivity index (χ1) is 11.9. The van der Waals surface area contributed by atoms with Crippen molar-refractivity contribution in [1.29, 1.82) is 0 Å². The molecule has 0 aliphatic heterocycles. The van der Waals surface area contributed by atoms with E-state index in [1.807, 2.05) is 55.4 Å². The zero-order valence-electron chi connectivity index (χ0n) is 16.5. The molecule has 1 aromatic carbocycles. The van der Waals surface area contributed by atoms with Crippen molar-refractivity contribution in [2.75, 3.05) is 0 Å². The molecule has 0 aliphatic rings. The van der Waals surface area contributed by atoms with Crippen LogP contribution in [-0.4, -0.2) is 34.3 Å². The van der Waals surface area contributed by atoms with E-state index in [0.717, 1.165) is 0 Å². The summed E-state index contributed by atoms with van der Waals surface area (Å²) < 4.78 is 0. The van der Waals surface area contributed by atoms with Crippen LogP contribution in [0.15, 0.2) is 0 Å². The van der Waals surface area contributed by atoms with Crippen LogP contribution in [0.5, 0.6) is 11.5 Å². The van der Waals surface area contributed by atoms with Crippen LogP contribution in [0.1, 0.15) is 55.4 Å². The topological polar surface area (TPSA) is 24.9 Å². The maximum Gasteiger partial charge on any atom is 0.213 e. The van der Waals surface area contributed by atoms with Crippen LogP contribution >= 0.6 is 46.4 Å². The lowest BCUT2D eigenvalue weighted by molar-refractivity contribution is -0.132. The Hall–Kier alpha value is -0.100. The number of hydroxylamine groups is 4.